The number of hydrogen-bond acceptors (Lipinski definition) is 5. The van der Waals surface area contributed by atoms with Crippen molar-refractivity contribution >= 4 is 11.7 Å². The summed E-state index contributed by atoms with van der Waals surface area (Å²) in [5, 5.41) is 7.04. The van der Waals surface area contributed by atoms with Gasteiger partial charge in [-0.1, -0.05) is 24.3 Å². The number of rotatable bonds is 4. The van der Waals surface area contributed by atoms with Gasteiger partial charge >= 0.3 is 5.97 Å². The van der Waals surface area contributed by atoms with E-state index in [9.17, 15) is 4.79 Å². The lowest BCUT2D eigenvalue weighted by molar-refractivity contribution is -0.145. The minimum Gasteiger partial charge on any atom is -0.469 e. The van der Waals surface area contributed by atoms with Gasteiger partial charge in [-0.3, -0.25) is 9.80 Å². The first kappa shape index (κ1) is 16.0. The van der Waals surface area contributed by atoms with Crippen LogP contribution in [0.25, 0.3) is 0 Å². The average molecular weight is 316 g/mol. The predicted octanol–water partition coefficient (Wildman–Crippen LogP) is 2.24. The molecule has 3 rings (SSSR count). The molecule has 2 atom stereocenters. The van der Waals surface area contributed by atoms with E-state index < -0.39 is 0 Å². The van der Waals surface area contributed by atoms with Crippen molar-refractivity contribution in [1.29, 1.82) is 0 Å². The van der Waals surface area contributed by atoms with E-state index in [-0.39, 0.29) is 11.9 Å². The highest BCUT2D eigenvalue weighted by atomic mass is 16.5. The van der Waals surface area contributed by atoms with Gasteiger partial charge in [-0.15, -0.1) is 0 Å². The fourth-order valence-corrected chi connectivity index (χ4v) is 3.56. The molecule has 5 nitrogen and oxygen atoms in total. The van der Waals surface area contributed by atoms with Gasteiger partial charge in [0, 0.05) is 25.6 Å². The van der Waals surface area contributed by atoms with Crippen molar-refractivity contribution < 1.29 is 14.3 Å². The molecule has 0 spiro atoms. The number of carbonyl (C=O) groups is 1. The molecule has 0 amide bonds. The number of ether oxygens (including phenoxy) is 2. The van der Waals surface area contributed by atoms with E-state index in [2.05, 4.69) is 17.1 Å². The van der Waals surface area contributed by atoms with E-state index in [0.29, 0.717) is 19.1 Å². The van der Waals surface area contributed by atoms with Crippen molar-refractivity contribution in [3.05, 3.63) is 35.4 Å². The molecule has 0 N–H and O–H groups in total. The fraction of sp³-hybridized carbons (Fsp3) is 0.556. The Balaban J connectivity index is 1.90. The van der Waals surface area contributed by atoms with Crippen molar-refractivity contribution in [2.24, 2.45) is 11.0 Å². The van der Waals surface area contributed by atoms with Gasteiger partial charge < -0.3 is 9.47 Å². The smallest absolute Gasteiger partial charge is 0.309 e. The summed E-state index contributed by atoms with van der Waals surface area (Å²) in [4.78, 5) is 12.0. The molecule has 0 bridgehead atoms. The van der Waals surface area contributed by atoms with Gasteiger partial charge in [0.05, 0.1) is 31.4 Å². The molecule has 0 radical (unpaired) electrons. The van der Waals surface area contributed by atoms with Crippen molar-refractivity contribution in [2.75, 3.05) is 27.4 Å². The maximum absolute atomic E-state index is 12.0. The Morgan fingerprint density at radius 1 is 1.30 bits per heavy atom. The summed E-state index contributed by atoms with van der Waals surface area (Å²) in [6, 6.07) is 8.56. The molecule has 124 valence electrons. The van der Waals surface area contributed by atoms with Gasteiger partial charge in [0.25, 0.3) is 0 Å². The van der Waals surface area contributed by atoms with Crippen LogP contribution in [0.1, 0.15) is 30.4 Å². The lowest BCUT2D eigenvalue weighted by Gasteiger charge is -2.27. The first-order valence-electron chi connectivity index (χ1n) is 8.22. The molecule has 23 heavy (non-hydrogen) atoms. The second-order valence-corrected chi connectivity index (χ2v) is 6.25. The van der Waals surface area contributed by atoms with Crippen LogP contribution in [0.2, 0.25) is 0 Å². The van der Waals surface area contributed by atoms with E-state index in [0.717, 1.165) is 37.1 Å². The van der Waals surface area contributed by atoms with Crippen LogP contribution in [0.3, 0.4) is 0 Å². The predicted molar refractivity (Wildman–Crippen MR) is 88.4 cm³/mol. The van der Waals surface area contributed by atoms with Crippen LogP contribution < -0.4 is 0 Å². The molecule has 0 saturated carbocycles. The molecule has 5 heteroatoms. The maximum atomic E-state index is 12.0. The zero-order valence-electron chi connectivity index (χ0n) is 13.8. The first-order chi connectivity index (χ1) is 11.2. The molecule has 0 unspecified atom stereocenters. The quantitative estimate of drug-likeness (QED) is 0.799. The van der Waals surface area contributed by atoms with E-state index in [1.807, 2.05) is 12.1 Å². The van der Waals surface area contributed by atoms with Gasteiger partial charge in [-0.25, -0.2) is 0 Å². The Labute approximate surface area is 137 Å². The molecule has 1 aliphatic carbocycles. The summed E-state index contributed by atoms with van der Waals surface area (Å²) in [5.74, 6) is -0.292. The van der Waals surface area contributed by atoms with Gasteiger partial charge in [0.2, 0.25) is 0 Å². The van der Waals surface area contributed by atoms with Gasteiger partial charge in [-0.05, 0) is 24.8 Å². The second kappa shape index (κ2) is 7.13. The third-order valence-corrected chi connectivity index (χ3v) is 4.72. The summed E-state index contributed by atoms with van der Waals surface area (Å²) in [5.41, 5.74) is 3.33. The van der Waals surface area contributed by atoms with E-state index in [1.165, 1.54) is 12.7 Å². The molecular weight excluding hydrogens is 292 g/mol. The monoisotopic (exact) mass is 316 g/mol. The third-order valence-electron chi connectivity index (χ3n) is 4.72. The lowest BCUT2D eigenvalue weighted by Crippen LogP contribution is -2.33. The molecular formula is C18H24N2O3. The zero-order valence-corrected chi connectivity index (χ0v) is 13.8. The number of hydrazone groups is 1. The van der Waals surface area contributed by atoms with Crippen LogP contribution in [0.4, 0.5) is 0 Å². The van der Waals surface area contributed by atoms with Crippen LogP contribution in [0.5, 0.6) is 0 Å². The number of fused-ring (bicyclic) bond motifs is 1. The Kier molecular flexibility index (Phi) is 4.96. The number of benzene rings is 1. The van der Waals surface area contributed by atoms with Gasteiger partial charge in [0.15, 0.2) is 0 Å². The van der Waals surface area contributed by atoms with E-state index in [4.69, 9.17) is 14.6 Å². The van der Waals surface area contributed by atoms with Crippen LogP contribution in [-0.4, -0.2) is 50.1 Å². The number of esters is 1. The third kappa shape index (κ3) is 3.39. The molecule has 0 aromatic heterocycles. The second-order valence-electron chi connectivity index (χ2n) is 6.25. The number of hydrogen-bond donors (Lipinski definition) is 0. The maximum Gasteiger partial charge on any atom is 0.309 e. The van der Waals surface area contributed by atoms with Crippen LogP contribution in [0.15, 0.2) is 29.4 Å². The van der Waals surface area contributed by atoms with Crippen molar-refractivity contribution in [3.8, 4) is 0 Å². The van der Waals surface area contributed by atoms with Crippen LogP contribution in [-0.2, 0) is 20.7 Å². The highest BCUT2D eigenvalue weighted by Gasteiger charge is 2.31. The minimum absolute atomic E-state index is 0.142. The molecule has 1 saturated heterocycles. The van der Waals surface area contributed by atoms with Crippen LogP contribution >= 0.6 is 0 Å². The summed E-state index contributed by atoms with van der Waals surface area (Å²) < 4.78 is 10.3. The molecule has 1 aromatic carbocycles. The van der Waals surface area contributed by atoms with Gasteiger partial charge in [0.1, 0.15) is 0 Å². The molecule has 1 aliphatic heterocycles. The summed E-state index contributed by atoms with van der Waals surface area (Å²) in [6.07, 6.45) is 3.60. The van der Waals surface area contributed by atoms with Gasteiger partial charge in [-0.2, -0.15) is 5.10 Å². The Bertz CT molecular complexity index is 600. The molecule has 1 aromatic rings. The largest absolute Gasteiger partial charge is 0.469 e. The lowest BCUT2D eigenvalue weighted by atomic mass is 9.82. The number of methoxy groups -OCH3 is 2. The minimum atomic E-state index is -0.151. The van der Waals surface area contributed by atoms with Crippen molar-refractivity contribution in [3.63, 3.8) is 0 Å². The molecule has 1 fully saturated rings. The molecule has 1 heterocycles. The first-order valence-corrected chi connectivity index (χ1v) is 8.22. The number of nitrogens with zero attached hydrogens (tertiary/aromatic N) is 2. The highest BCUT2D eigenvalue weighted by molar-refractivity contribution is 6.04. The summed E-state index contributed by atoms with van der Waals surface area (Å²) >= 11 is 0. The summed E-state index contributed by atoms with van der Waals surface area (Å²) in [6.45, 7) is 1.64. The van der Waals surface area contributed by atoms with E-state index >= 15 is 0 Å². The Hall–Kier alpha value is -1.88. The Morgan fingerprint density at radius 3 is 2.91 bits per heavy atom. The topological polar surface area (TPSA) is 51.1 Å². The average Bonchev–Trinajstić information content (AvgIpc) is 3.01. The molecule has 2 aliphatic rings. The van der Waals surface area contributed by atoms with Crippen LogP contribution in [0, 0.1) is 5.92 Å². The SMILES string of the molecule is COC[C@@H]1CCCN1/N=C1\C[C@H](C(=O)OC)Cc2ccccc21. The highest BCUT2D eigenvalue weighted by Crippen LogP contribution is 2.28. The fourth-order valence-electron chi connectivity index (χ4n) is 3.56. The number of carbonyl (C=O) groups excluding carboxylic acids is 1. The van der Waals surface area contributed by atoms with Crippen molar-refractivity contribution in [1.82, 2.24) is 5.01 Å². The van der Waals surface area contributed by atoms with E-state index in [1.54, 1.807) is 7.11 Å². The normalized spacial score (nSPS) is 25.5. The standard InChI is InChI=1S/C18H24N2O3/c1-22-12-15-7-5-9-20(15)19-17-11-14(18(21)23-2)10-13-6-3-4-8-16(13)17/h3-4,6,8,14-15H,5,7,9-12H2,1-2H3/b19-17+/t14-,15+/m1/s1. The van der Waals surface area contributed by atoms with Crippen molar-refractivity contribution in [2.45, 2.75) is 31.7 Å². The summed E-state index contributed by atoms with van der Waals surface area (Å²) in [7, 11) is 3.18. The Morgan fingerprint density at radius 2 is 2.13 bits per heavy atom. The zero-order chi connectivity index (χ0) is 16.2.